The zero-order valence-electron chi connectivity index (χ0n) is 18.8. The summed E-state index contributed by atoms with van der Waals surface area (Å²) in [5.41, 5.74) is 4.06. The van der Waals surface area contributed by atoms with Gasteiger partial charge in [0.1, 0.15) is 5.82 Å². The number of aryl methyl sites for hydroxylation is 1. The number of benzene rings is 4. The van der Waals surface area contributed by atoms with E-state index in [-0.39, 0.29) is 5.56 Å². The van der Waals surface area contributed by atoms with E-state index in [0.717, 1.165) is 22.9 Å². The zero-order valence-corrected chi connectivity index (χ0v) is 18.8. The van der Waals surface area contributed by atoms with E-state index in [0.29, 0.717) is 16.5 Å². The first-order chi connectivity index (χ1) is 16.3. The smallest absolute Gasteiger partial charge is 0.206 e. The third kappa shape index (κ3) is 5.85. The Balaban J connectivity index is 1.55. The van der Waals surface area contributed by atoms with Crippen molar-refractivity contribution in [3.63, 3.8) is 0 Å². The average Bonchev–Trinajstić information content (AvgIpc) is 2.82. The lowest BCUT2D eigenvalue weighted by molar-refractivity contribution is -0.127. The number of hydrogen-bond donors (Lipinski definition) is 0. The maximum absolute atomic E-state index is 15.2. The first-order valence-corrected chi connectivity index (χ1v) is 11.3. The standard InChI is InChI=1S/C30H24F4/c1-2-3-4-21-5-7-22(8-6-21)9-10-23-13-17-28-26(19-23)16-18-27(29(28)31)25-14-11-24(12-15-25)20-30(32,33)34/h5-8,11-19H,2-4,20H2,1H3. The molecule has 0 saturated heterocycles. The first-order valence-electron chi connectivity index (χ1n) is 11.3. The predicted molar refractivity (Wildman–Crippen MR) is 130 cm³/mol. The molecule has 0 spiro atoms. The summed E-state index contributed by atoms with van der Waals surface area (Å²) < 4.78 is 52.9. The van der Waals surface area contributed by atoms with Crippen LogP contribution in [-0.4, -0.2) is 6.18 Å². The fraction of sp³-hybridized carbons (Fsp3) is 0.200. The number of unbranched alkanes of at least 4 members (excludes halogenated alkanes) is 1. The second-order valence-corrected chi connectivity index (χ2v) is 8.40. The summed E-state index contributed by atoms with van der Waals surface area (Å²) in [6.45, 7) is 2.18. The molecule has 4 rings (SSSR count). The molecule has 0 unspecified atom stereocenters. The van der Waals surface area contributed by atoms with Crippen molar-refractivity contribution in [1.29, 1.82) is 0 Å². The van der Waals surface area contributed by atoms with Crippen LogP contribution in [0.2, 0.25) is 0 Å². The molecule has 172 valence electrons. The summed E-state index contributed by atoms with van der Waals surface area (Å²) >= 11 is 0. The van der Waals surface area contributed by atoms with Crippen LogP contribution in [0.25, 0.3) is 21.9 Å². The summed E-state index contributed by atoms with van der Waals surface area (Å²) in [6, 6.07) is 22.9. The molecule has 4 aromatic rings. The molecule has 0 atom stereocenters. The highest BCUT2D eigenvalue weighted by atomic mass is 19.4. The summed E-state index contributed by atoms with van der Waals surface area (Å²) in [7, 11) is 0. The molecule has 0 aliphatic rings. The van der Waals surface area contributed by atoms with Gasteiger partial charge in [0, 0.05) is 22.1 Å². The average molecular weight is 461 g/mol. The molecule has 0 nitrogen and oxygen atoms in total. The minimum Gasteiger partial charge on any atom is -0.206 e. The highest BCUT2D eigenvalue weighted by Crippen LogP contribution is 2.30. The molecule has 4 aromatic carbocycles. The molecular formula is C30H24F4. The van der Waals surface area contributed by atoms with Gasteiger partial charge in [-0.15, -0.1) is 0 Å². The zero-order chi connectivity index (χ0) is 24.1. The molecule has 0 amide bonds. The Kier molecular flexibility index (Phi) is 7.03. The van der Waals surface area contributed by atoms with Crippen molar-refractivity contribution in [2.24, 2.45) is 0 Å². The van der Waals surface area contributed by atoms with Gasteiger partial charge in [-0.3, -0.25) is 0 Å². The minimum atomic E-state index is -4.27. The Bertz CT molecular complexity index is 1340. The molecule has 0 saturated carbocycles. The van der Waals surface area contributed by atoms with Crippen molar-refractivity contribution in [2.75, 3.05) is 0 Å². The van der Waals surface area contributed by atoms with Crippen molar-refractivity contribution < 1.29 is 17.6 Å². The number of rotatable bonds is 5. The topological polar surface area (TPSA) is 0 Å². The lowest BCUT2D eigenvalue weighted by Gasteiger charge is -2.10. The van der Waals surface area contributed by atoms with E-state index < -0.39 is 18.4 Å². The maximum Gasteiger partial charge on any atom is 0.393 e. The summed E-state index contributed by atoms with van der Waals surface area (Å²) in [5.74, 6) is 5.90. The van der Waals surface area contributed by atoms with Gasteiger partial charge < -0.3 is 0 Å². The van der Waals surface area contributed by atoms with Gasteiger partial charge in [0.2, 0.25) is 0 Å². The van der Waals surface area contributed by atoms with Crippen LogP contribution >= 0.6 is 0 Å². The molecule has 0 N–H and O–H groups in total. The second-order valence-electron chi connectivity index (χ2n) is 8.40. The number of hydrogen-bond acceptors (Lipinski definition) is 0. The van der Waals surface area contributed by atoms with E-state index in [4.69, 9.17) is 0 Å². The van der Waals surface area contributed by atoms with Crippen LogP contribution in [0.5, 0.6) is 0 Å². The van der Waals surface area contributed by atoms with E-state index in [2.05, 4.69) is 30.9 Å². The fourth-order valence-corrected chi connectivity index (χ4v) is 3.91. The largest absolute Gasteiger partial charge is 0.393 e. The molecule has 0 radical (unpaired) electrons. The normalized spacial score (nSPS) is 11.3. The van der Waals surface area contributed by atoms with Crippen molar-refractivity contribution in [3.8, 4) is 23.0 Å². The predicted octanol–water partition coefficient (Wildman–Crippen LogP) is 8.49. The third-order valence-electron chi connectivity index (χ3n) is 5.75. The van der Waals surface area contributed by atoms with Crippen LogP contribution in [0.1, 0.15) is 42.0 Å². The SMILES string of the molecule is CCCCc1ccc(C#Cc2ccc3c(F)c(-c4ccc(CC(F)(F)F)cc4)ccc3c2)cc1. The van der Waals surface area contributed by atoms with E-state index in [9.17, 15) is 13.2 Å². The monoisotopic (exact) mass is 460 g/mol. The van der Waals surface area contributed by atoms with Crippen molar-refractivity contribution in [3.05, 3.63) is 107 Å². The molecule has 0 bridgehead atoms. The number of fused-ring (bicyclic) bond motifs is 1. The summed E-state index contributed by atoms with van der Waals surface area (Å²) in [5, 5.41) is 1.17. The van der Waals surface area contributed by atoms with Crippen LogP contribution in [0, 0.1) is 17.7 Å². The van der Waals surface area contributed by atoms with Crippen LogP contribution in [0.3, 0.4) is 0 Å². The molecule has 0 aromatic heterocycles. The first kappa shape index (κ1) is 23.6. The maximum atomic E-state index is 15.2. The lowest BCUT2D eigenvalue weighted by Crippen LogP contribution is -2.11. The molecular weight excluding hydrogens is 436 g/mol. The molecule has 0 heterocycles. The Hall–Kier alpha value is -3.58. The minimum absolute atomic E-state index is 0.149. The lowest BCUT2D eigenvalue weighted by atomic mass is 9.98. The summed E-state index contributed by atoms with van der Waals surface area (Å²) in [6.07, 6.45) is -1.86. The van der Waals surface area contributed by atoms with E-state index in [1.165, 1.54) is 42.7 Å². The van der Waals surface area contributed by atoms with Crippen molar-refractivity contribution in [1.82, 2.24) is 0 Å². The summed E-state index contributed by atoms with van der Waals surface area (Å²) in [4.78, 5) is 0. The van der Waals surface area contributed by atoms with Crippen LogP contribution in [0.4, 0.5) is 17.6 Å². The van der Waals surface area contributed by atoms with Gasteiger partial charge in [0.25, 0.3) is 0 Å². The molecule has 0 aliphatic carbocycles. The van der Waals surface area contributed by atoms with Crippen molar-refractivity contribution in [2.45, 2.75) is 38.8 Å². The highest BCUT2D eigenvalue weighted by molar-refractivity contribution is 5.89. The van der Waals surface area contributed by atoms with E-state index in [1.807, 2.05) is 24.3 Å². The van der Waals surface area contributed by atoms with Crippen LogP contribution < -0.4 is 0 Å². The van der Waals surface area contributed by atoms with E-state index in [1.54, 1.807) is 18.2 Å². The number of halogens is 4. The Morgan fingerprint density at radius 1 is 0.735 bits per heavy atom. The highest BCUT2D eigenvalue weighted by Gasteiger charge is 2.27. The van der Waals surface area contributed by atoms with Gasteiger partial charge in [-0.05, 0) is 59.2 Å². The Morgan fingerprint density at radius 2 is 1.38 bits per heavy atom. The molecule has 0 fully saturated rings. The van der Waals surface area contributed by atoms with Gasteiger partial charge >= 0.3 is 6.18 Å². The number of alkyl halides is 3. The van der Waals surface area contributed by atoms with Crippen LogP contribution in [0.15, 0.2) is 78.9 Å². The Labute approximate surface area is 197 Å². The van der Waals surface area contributed by atoms with Gasteiger partial charge in [-0.1, -0.05) is 79.8 Å². The fourth-order valence-electron chi connectivity index (χ4n) is 3.91. The van der Waals surface area contributed by atoms with Crippen LogP contribution in [-0.2, 0) is 12.8 Å². The molecule has 4 heteroatoms. The third-order valence-corrected chi connectivity index (χ3v) is 5.75. The van der Waals surface area contributed by atoms with Crippen molar-refractivity contribution >= 4 is 10.8 Å². The second kappa shape index (κ2) is 10.1. The molecule has 0 aliphatic heterocycles. The molecule has 34 heavy (non-hydrogen) atoms. The van der Waals surface area contributed by atoms with Gasteiger partial charge in [0.15, 0.2) is 0 Å². The van der Waals surface area contributed by atoms with Gasteiger partial charge in [-0.25, -0.2) is 4.39 Å². The quantitative estimate of drug-likeness (QED) is 0.207. The van der Waals surface area contributed by atoms with E-state index >= 15 is 4.39 Å². The Morgan fingerprint density at radius 3 is 2.06 bits per heavy atom. The van der Waals surface area contributed by atoms with Gasteiger partial charge in [0.05, 0.1) is 6.42 Å². The van der Waals surface area contributed by atoms with Gasteiger partial charge in [-0.2, -0.15) is 13.2 Å².